The van der Waals surface area contributed by atoms with Crippen molar-refractivity contribution in [2.45, 2.75) is 45.9 Å². The van der Waals surface area contributed by atoms with E-state index in [2.05, 4.69) is 11.6 Å². The van der Waals surface area contributed by atoms with Crippen LogP contribution >= 0.6 is 24.0 Å². The number of hydrogen-bond acceptors (Lipinski definition) is 5. The number of carbonyl (C=O) groups excluding carboxylic acids is 2. The first kappa shape index (κ1) is 21.0. The Morgan fingerprint density at radius 1 is 1.31 bits per heavy atom. The highest BCUT2D eigenvalue weighted by Gasteiger charge is 2.20. The van der Waals surface area contributed by atoms with Crippen LogP contribution in [0.1, 0.15) is 27.7 Å². The van der Waals surface area contributed by atoms with E-state index in [0.717, 1.165) is 0 Å². The monoisotopic (exact) mass is 275 g/mol. The van der Waals surface area contributed by atoms with Crippen molar-refractivity contribution in [3.05, 3.63) is 0 Å². The molecular formula is C9H19Cl2NO4. The SMILES string of the molecule is CC(=O)Cl.CC(C)OC(=O)[C@H](N)[C@@H](C)O.Cl. The maximum absolute atomic E-state index is 10.9. The molecular weight excluding hydrogens is 257 g/mol. The van der Waals surface area contributed by atoms with Gasteiger partial charge < -0.3 is 15.6 Å². The van der Waals surface area contributed by atoms with E-state index < -0.39 is 18.1 Å². The third kappa shape index (κ3) is 16.1. The number of esters is 1. The van der Waals surface area contributed by atoms with Crippen molar-refractivity contribution < 1.29 is 19.4 Å². The fraction of sp³-hybridized carbons (Fsp3) is 0.778. The van der Waals surface area contributed by atoms with Crippen LogP contribution in [0.2, 0.25) is 0 Å². The Morgan fingerprint density at radius 3 is 1.81 bits per heavy atom. The van der Waals surface area contributed by atoms with Gasteiger partial charge in [0, 0.05) is 6.92 Å². The Balaban J connectivity index is -0.000000292. The zero-order chi connectivity index (χ0) is 12.6. The maximum atomic E-state index is 10.9. The van der Waals surface area contributed by atoms with Crippen LogP contribution in [0.15, 0.2) is 0 Å². The predicted octanol–water partition coefficient (Wildman–Crippen LogP) is 0.840. The predicted molar refractivity (Wildman–Crippen MR) is 64.7 cm³/mol. The molecule has 0 aromatic rings. The summed E-state index contributed by atoms with van der Waals surface area (Å²) in [6.45, 7) is 6.20. The van der Waals surface area contributed by atoms with Gasteiger partial charge in [-0.25, -0.2) is 0 Å². The van der Waals surface area contributed by atoms with Crippen LogP contribution in [-0.2, 0) is 14.3 Å². The lowest BCUT2D eigenvalue weighted by molar-refractivity contribution is -0.151. The number of aliphatic hydroxyl groups excluding tert-OH is 1. The molecule has 0 aromatic heterocycles. The van der Waals surface area contributed by atoms with E-state index in [1.165, 1.54) is 13.8 Å². The zero-order valence-electron chi connectivity index (χ0n) is 9.77. The molecule has 0 unspecified atom stereocenters. The second kappa shape index (κ2) is 11.1. The van der Waals surface area contributed by atoms with E-state index in [1.807, 2.05) is 0 Å². The van der Waals surface area contributed by atoms with Gasteiger partial charge in [0.05, 0.1) is 12.2 Å². The van der Waals surface area contributed by atoms with E-state index >= 15 is 0 Å². The number of carbonyl (C=O) groups is 2. The summed E-state index contributed by atoms with van der Waals surface area (Å²) in [6, 6.07) is -0.933. The molecule has 16 heavy (non-hydrogen) atoms. The molecule has 3 N–H and O–H groups in total. The molecule has 7 heteroatoms. The highest BCUT2D eigenvalue weighted by atomic mass is 35.5. The van der Waals surface area contributed by atoms with Gasteiger partial charge in [0.2, 0.25) is 5.24 Å². The molecule has 0 heterocycles. The summed E-state index contributed by atoms with van der Waals surface area (Å²) in [7, 11) is 0. The first-order valence-corrected chi connectivity index (χ1v) is 4.86. The molecule has 0 fully saturated rings. The molecule has 5 nitrogen and oxygen atoms in total. The van der Waals surface area contributed by atoms with Crippen molar-refractivity contribution in [2.24, 2.45) is 5.73 Å². The van der Waals surface area contributed by atoms with Crippen LogP contribution < -0.4 is 5.73 Å². The second-order valence-electron chi connectivity index (χ2n) is 3.22. The summed E-state index contributed by atoms with van der Waals surface area (Å²) < 4.78 is 4.75. The Morgan fingerprint density at radius 2 is 1.62 bits per heavy atom. The van der Waals surface area contributed by atoms with E-state index in [9.17, 15) is 9.59 Å². The molecule has 0 rings (SSSR count). The molecule has 0 aliphatic carbocycles. The summed E-state index contributed by atoms with van der Waals surface area (Å²) in [5.74, 6) is -0.560. The molecule has 0 aliphatic rings. The molecule has 0 saturated carbocycles. The molecule has 0 radical (unpaired) electrons. The van der Waals surface area contributed by atoms with E-state index in [4.69, 9.17) is 15.6 Å². The average molecular weight is 276 g/mol. The van der Waals surface area contributed by atoms with Crippen molar-refractivity contribution >= 4 is 35.2 Å². The molecule has 98 valence electrons. The van der Waals surface area contributed by atoms with Gasteiger partial charge in [-0.3, -0.25) is 9.59 Å². The van der Waals surface area contributed by atoms with Crippen LogP contribution in [0.5, 0.6) is 0 Å². The van der Waals surface area contributed by atoms with Gasteiger partial charge in [-0.15, -0.1) is 12.4 Å². The third-order valence-corrected chi connectivity index (χ3v) is 1.14. The minimum atomic E-state index is -0.933. The number of ether oxygens (including phenoxy) is 1. The Kier molecular flexibility index (Phi) is 14.6. The Labute approximate surface area is 107 Å². The van der Waals surface area contributed by atoms with Crippen LogP contribution in [0, 0.1) is 0 Å². The van der Waals surface area contributed by atoms with E-state index in [1.54, 1.807) is 13.8 Å². The molecule has 0 amide bonds. The highest BCUT2D eigenvalue weighted by Crippen LogP contribution is 1.96. The summed E-state index contributed by atoms with van der Waals surface area (Å²) in [6.07, 6.45) is -1.05. The largest absolute Gasteiger partial charge is 0.462 e. The smallest absolute Gasteiger partial charge is 0.325 e. The first-order valence-electron chi connectivity index (χ1n) is 4.48. The quantitative estimate of drug-likeness (QED) is 0.589. The number of halogens is 2. The van der Waals surface area contributed by atoms with Gasteiger partial charge in [-0.2, -0.15) is 0 Å². The van der Waals surface area contributed by atoms with Gasteiger partial charge in [-0.1, -0.05) is 0 Å². The lowest BCUT2D eigenvalue weighted by Crippen LogP contribution is -2.42. The van der Waals surface area contributed by atoms with Crippen molar-refractivity contribution in [3.63, 3.8) is 0 Å². The number of hydrogen-bond donors (Lipinski definition) is 2. The molecule has 2 atom stereocenters. The molecule has 0 aromatic carbocycles. The van der Waals surface area contributed by atoms with Gasteiger partial charge in [0.15, 0.2) is 0 Å². The highest BCUT2D eigenvalue weighted by molar-refractivity contribution is 6.62. The van der Waals surface area contributed by atoms with Gasteiger partial charge in [-0.05, 0) is 32.4 Å². The third-order valence-electron chi connectivity index (χ3n) is 1.14. The minimum Gasteiger partial charge on any atom is -0.462 e. The van der Waals surface area contributed by atoms with Crippen molar-refractivity contribution in [3.8, 4) is 0 Å². The van der Waals surface area contributed by atoms with Gasteiger partial charge in [0.1, 0.15) is 6.04 Å². The molecule has 0 aliphatic heterocycles. The fourth-order valence-corrected chi connectivity index (χ4v) is 0.508. The minimum absolute atomic E-state index is 0. The molecule has 0 saturated heterocycles. The van der Waals surface area contributed by atoms with E-state index in [0.29, 0.717) is 0 Å². The maximum Gasteiger partial charge on any atom is 0.325 e. The Hall–Kier alpha value is -0.360. The molecule has 0 bridgehead atoms. The summed E-state index contributed by atoms with van der Waals surface area (Å²) in [4.78, 5) is 20.1. The van der Waals surface area contributed by atoms with Crippen LogP contribution in [0.3, 0.4) is 0 Å². The summed E-state index contributed by atoms with van der Waals surface area (Å²) >= 11 is 4.64. The average Bonchev–Trinajstić information content (AvgIpc) is 2.00. The van der Waals surface area contributed by atoms with Crippen LogP contribution in [0.25, 0.3) is 0 Å². The summed E-state index contributed by atoms with van der Waals surface area (Å²) in [5.41, 5.74) is 5.28. The molecule has 0 spiro atoms. The number of rotatable bonds is 3. The standard InChI is InChI=1S/C7H15NO3.C2H3ClO.ClH/c1-4(2)11-7(10)6(8)5(3)9;1-2(3)4;/h4-6,9H,8H2,1-3H3;1H3;1H/t5-,6-;;/m1../s1. The summed E-state index contributed by atoms with van der Waals surface area (Å²) in [5, 5.41) is 8.52. The second-order valence-corrected chi connectivity index (χ2v) is 3.75. The van der Waals surface area contributed by atoms with Crippen molar-refractivity contribution in [1.82, 2.24) is 0 Å². The van der Waals surface area contributed by atoms with Gasteiger partial charge in [0.25, 0.3) is 0 Å². The topological polar surface area (TPSA) is 89.6 Å². The fourth-order valence-electron chi connectivity index (χ4n) is 0.508. The number of aliphatic hydroxyl groups is 1. The number of nitrogens with two attached hydrogens (primary N) is 1. The Bertz CT molecular complexity index is 206. The normalized spacial score (nSPS) is 12.8. The van der Waals surface area contributed by atoms with Crippen molar-refractivity contribution in [2.75, 3.05) is 0 Å². The zero-order valence-corrected chi connectivity index (χ0v) is 11.3. The van der Waals surface area contributed by atoms with Crippen LogP contribution in [-0.4, -0.2) is 34.6 Å². The lowest BCUT2D eigenvalue weighted by atomic mass is 10.2. The van der Waals surface area contributed by atoms with E-state index in [-0.39, 0.29) is 23.8 Å². The van der Waals surface area contributed by atoms with Crippen molar-refractivity contribution in [1.29, 1.82) is 0 Å². The van der Waals surface area contributed by atoms with Gasteiger partial charge >= 0.3 is 5.97 Å². The first-order chi connectivity index (χ1) is 6.68. The lowest BCUT2D eigenvalue weighted by Gasteiger charge is -2.15. The van der Waals surface area contributed by atoms with Crippen LogP contribution in [0.4, 0.5) is 0 Å².